The van der Waals surface area contributed by atoms with E-state index in [-0.39, 0.29) is 18.8 Å². The van der Waals surface area contributed by atoms with Crippen molar-refractivity contribution < 1.29 is 9.53 Å². The van der Waals surface area contributed by atoms with Crippen molar-refractivity contribution in [2.75, 3.05) is 13.2 Å². The molecule has 6 nitrogen and oxygen atoms in total. The molecule has 0 unspecified atom stereocenters. The average molecular weight is 418 g/mol. The second-order valence-corrected chi connectivity index (χ2v) is 6.82. The van der Waals surface area contributed by atoms with Gasteiger partial charge in [0, 0.05) is 21.8 Å². The fourth-order valence-corrected chi connectivity index (χ4v) is 2.75. The van der Waals surface area contributed by atoms with Crippen LogP contribution in [-0.2, 0) is 0 Å². The highest BCUT2D eigenvalue weighted by Gasteiger charge is 2.15. The van der Waals surface area contributed by atoms with Crippen LogP contribution in [0.15, 0.2) is 59.4 Å². The summed E-state index contributed by atoms with van der Waals surface area (Å²) in [6.45, 7) is 2.20. The summed E-state index contributed by atoms with van der Waals surface area (Å²) in [5, 5.41) is 8.05. The largest absolute Gasteiger partial charge is 0.492 e. The van der Waals surface area contributed by atoms with Gasteiger partial charge in [-0.3, -0.25) is 9.59 Å². The van der Waals surface area contributed by atoms with Crippen molar-refractivity contribution in [1.29, 1.82) is 0 Å². The lowest BCUT2D eigenvalue weighted by Gasteiger charge is -2.12. The molecule has 0 saturated carbocycles. The Bertz CT molecular complexity index is 1030. The molecule has 0 atom stereocenters. The first-order valence-corrected chi connectivity index (χ1v) is 9.23. The van der Waals surface area contributed by atoms with Crippen molar-refractivity contribution in [3.8, 4) is 11.4 Å². The summed E-state index contributed by atoms with van der Waals surface area (Å²) >= 11 is 11.7. The van der Waals surface area contributed by atoms with Crippen molar-refractivity contribution in [2.24, 2.45) is 0 Å². The summed E-state index contributed by atoms with van der Waals surface area (Å²) < 4.78 is 7.04. The zero-order chi connectivity index (χ0) is 20.1. The van der Waals surface area contributed by atoms with Gasteiger partial charge in [-0.1, -0.05) is 23.2 Å². The minimum atomic E-state index is -0.563. The monoisotopic (exact) mass is 417 g/mol. The summed E-state index contributed by atoms with van der Waals surface area (Å²) in [4.78, 5) is 24.6. The maximum Gasteiger partial charge on any atom is 0.275 e. The first-order chi connectivity index (χ1) is 13.4. The maximum atomic E-state index is 12.4. The molecule has 28 heavy (non-hydrogen) atoms. The van der Waals surface area contributed by atoms with E-state index in [1.54, 1.807) is 55.5 Å². The number of ether oxygens (including phenoxy) is 1. The molecule has 0 spiro atoms. The number of carbonyl (C=O) groups is 1. The van der Waals surface area contributed by atoms with Gasteiger partial charge >= 0.3 is 0 Å². The predicted octanol–water partition coefficient (Wildman–Crippen LogP) is 3.66. The Balaban J connectivity index is 1.67. The molecule has 0 aliphatic heterocycles. The van der Waals surface area contributed by atoms with Gasteiger partial charge < -0.3 is 10.1 Å². The van der Waals surface area contributed by atoms with Gasteiger partial charge in [-0.15, -0.1) is 0 Å². The zero-order valence-corrected chi connectivity index (χ0v) is 16.5. The standard InChI is InChI=1S/C20H17Cl2N3O3/c1-13-12-18(26)19(24-25(13)16-6-2-14(21)3-7-16)20(27)23-10-11-28-17-8-4-15(22)5-9-17/h2-9,12H,10-11H2,1H3,(H,23,27). The molecule has 1 N–H and O–H groups in total. The van der Waals surface area contributed by atoms with E-state index in [1.807, 2.05) is 0 Å². The number of nitrogens with zero attached hydrogens (tertiary/aromatic N) is 2. The molecule has 3 rings (SSSR count). The quantitative estimate of drug-likeness (QED) is 0.621. The summed E-state index contributed by atoms with van der Waals surface area (Å²) in [5.74, 6) is 0.0737. The fourth-order valence-electron chi connectivity index (χ4n) is 2.50. The van der Waals surface area contributed by atoms with E-state index < -0.39 is 11.3 Å². The topological polar surface area (TPSA) is 73.2 Å². The molecule has 144 valence electrons. The van der Waals surface area contributed by atoms with Crippen LogP contribution in [0.5, 0.6) is 5.75 Å². The number of benzene rings is 2. The first kappa shape index (κ1) is 19.9. The van der Waals surface area contributed by atoms with Gasteiger partial charge in [-0.05, 0) is 55.5 Å². The summed E-state index contributed by atoms with van der Waals surface area (Å²) in [5.41, 5.74) is 0.669. The molecule has 0 saturated heterocycles. The van der Waals surface area contributed by atoms with Gasteiger partial charge in [0.25, 0.3) is 5.91 Å². The maximum absolute atomic E-state index is 12.4. The SMILES string of the molecule is Cc1cc(=O)c(C(=O)NCCOc2ccc(Cl)cc2)nn1-c1ccc(Cl)cc1. The number of hydrogen-bond acceptors (Lipinski definition) is 4. The van der Waals surface area contributed by atoms with Gasteiger partial charge in [0.05, 0.1) is 12.2 Å². The number of aromatic nitrogens is 2. The van der Waals surface area contributed by atoms with Crippen molar-refractivity contribution >= 4 is 29.1 Å². The second-order valence-electron chi connectivity index (χ2n) is 5.95. The lowest BCUT2D eigenvalue weighted by Crippen LogP contribution is -2.34. The molecular weight excluding hydrogens is 401 g/mol. The Morgan fingerprint density at radius 2 is 1.68 bits per heavy atom. The number of carbonyl (C=O) groups excluding carboxylic acids is 1. The molecule has 1 amide bonds. The van der Waals surface area contributed by atoms with E-state index >= 15 is 0 Å². The van der Waals surface area contributed by atoms with E-state index in [1.165, 1.54) is 10.7 Å². The minimum Gasteiger partial charge on any atom is -0.492 e. The van der Waals surface area contributed by atoms with Gasteiger partial charge in [0.1, 0.15) is 12.4 Å². The molecule has 0 radical (unpaired) electrons. The molecule has 1 aromatic heterocycles. The van der Waals surface area contributed by atoms with Crippen LogP contribution in [-0.4, -0.2) is 28.8 Å². The van der Waals surface area contributed by atoms with Crippen LogP contribution in [0.4, 0.5) is 0 Å². The molecule has 2 aromatic carbocycles. The third kappa shape index (κ3) is 4.91. The molecular formula is C20H17Cl2N3O3. The summed E-state index contributed by atoms with van der Waals surface area (Å²) in [6.07, 6.45) is 0. The number of rotatable bonds is 6. The van der Waals surface area contributed by atoms with Crippen molar-refractivity contribution in [1.82, 2.24) is 15.1 Å². The third-order valence-electron chi connectivity index (χ3n) is 3.86. The van der Waals surface area contributed by atoms with Crippen LogP contribution in [0.2, 0.25) is 10.0 Å². The van der Waals surface area contributed by atoms with Gasteiger partial charge in [0.2, 0.25) is 5.43 Å². The number of amides is 1. The van der Waals surface area contributed by atoms with Crippen LogP contribution < -0.4 is 15.5 Å². The molecule has 0 aliphatic rings. The van der Waals surface area contributed by atoms with Crippen molar-refractivity contribution in [3.63, 3.8) is 0 Å². The lowest BCUT2D eigenvalue weighted by atomic mass is 10.2. The van der Waals surface area contributed by atoms with Crippen LogP contribution in [0.1, 0.15) is 16.2 Å². The van der Waals surface area contributed by atoms with Gasteiger partial charge in [-0.2, -0.15) is 5.10 Å². The third-order valence-corrected chi connectivity index (χ3v) is 4.37. The fraction of sp³-hybridized carbons (Fsp3) is 0.150. The van der Waals surface area contributed by atoms with Crippen LogP contribution >= 0.6 is 23.2 Å². The molecule has 1 heterocycles. The first-order valence-electron chi connectivity index (χ1n) is 8.47. The highest BCUT2D eigenvalue weighted by Crippen LogP contribution is 2.15. The Hall–Kier alpha value is -2.83. The average Bonchev–Trinajstić information content (AvgIpc) is 2.67. The normalized spacial score (nSPS) is 10.5. The van der Waals surface area contributed by atoms with E-state index in [0.717, 1.165) is 0 Å². The Labute approximate surface area is 171 Å². The highest BCUT2D eigenvalue weighted by molar-refractivity contribution is 6.30. The Kier molecular flexibility index (Phi) is 6.34. The van der Waals surface area contributed by atoms with Gasteiger partial charge in [0.15, 0.2) is 5.69 Å². The van der Waals surface area contributed by atoms with Crippen LogP contribution in [0.25, 0.3) is 5.69 Å². The second kappa shape index (κ2) is 8.91. The molecule has 0 aliphatic carbocycles. The number of aryl methyl sites for hydroxylation is 1. The Morgan fingerprint density at radius 1 is 1.07 bits per heavy atom. The summed E-state index contributed by atoms with van der Waals surface area (Å²) in [7, 11) is 0. The number of hydrogen-bond donors (Lipinski definition) is 1. The smallest absolute Gasteiger partial charge is 0.275 e. The molecule has 8 heteroatoms. The zero-order valence-electron chi connectivity index (χ0n) is 15.0. The molecule has 3 aromatic rings. The van der Waals surface area contributed by atoms with Crippen LogP contribution in [0.3, 0.4) is 0 Å². The highest BCUT2D eigenvalue weighted by atomic mass is 35.5. The molecule has 0 fully saturated rings. The number of nitrogens with one attached hydrogen (secondary N) is 1. The summed E-state index contributed by atoms with van der Waals surface area (Å²) in [6, 6.07) is 15.2. The predicted molar refractivity (Wildman–Crippen MR) is 109 cm³/mol. The van der Waals surface area contributed by atoms with E-state index in [2.05, 4.69) is 10.4 Å². The Morgan fingerprint density at radius 3 is 2.32 bits per heavy atom. The molecule has 0 bridgehead atoms. The van der Waals surface area contributed by atoms with E-state index in [0.29, 0.717) is 27.2 Å². The lowest BCUT2D eigenvalue weighted by molar-refractivity contribution is 0.0939. The van der Waals surface area contributed by atoms with Gasteiger partial charge in [-0.25, -0.2) is 4.68 Å². The van der Waals surface area contributed by atoms with Crippen molar-refractivity contribution in [3.05, 3.63) is 86.3 Å². The number of halogens is 2. The van der Waals surface area contributed by atoms with E-state index in [9.17, 15) is 9.59 Å². The van der Waals surface area contributed by atoms with E-state index in [4.69, 9.17) is 27.9 Å². The van der Waals surface area contributed by atoms with Crippen molar-refractivity contribution in [2.45, 2.75) is 6.92 Å². The minimum absolute atomic E-state index is 0.188. The van der Waals surface area contributed by atoms with Crippen LogP contribution in [0, 0.1) is 6.92 Å².